The van der Waals surface area contributed by atoms with Gasteiger partial charge in [-0.1, -0.05) is 24.3 Å². The molecule has 1 nitrogen and oxygen atoms in total. The lowest BCUT2D eigenvalue weighted by Gasteiger charge is -2.24. The zero-order valence-electron chi connectivity index (χ0n) is 8.66. The highest BCUT2D eigenvalue weighted by Gasteiger charge is 2.21. The highest BCUT2D eigenvalue weighted by Crippen LogP contribution is 2.33. The summed E-state index contributed by atoms with van der Waals surface area (Å²) in [6, 6.07) is 7.66. The van der Waals surface area contributed by atoms with E-state index >= 15 is 0 Å². The molecular formula is C13H15FO. The predicted molar refractivity (Wildman–Crippen MR) is 57.9 cm³/mol. The van der Waals surface area contributed by atoms with E-state index in [2.05, 4.69) is 0 Å². The van der Waals surface area contributed by atoms with Crippen molar-refractivity contribution in [1.29, 1.82) is 0 Å². The molecule has 0 aliphatic heterocycles. The van der Waals surface area contributed by atoms with Crippen molar-refractivity contribution < 1.29 is 9.18 Å². The molecule has 0 unspecified atom stereocenters. The van der Waals surface area contributed by atoms with E-state index in [4.69, 9.17) is 0 Å². The Balaban J connectivity index is 2.06. The second-order valence-corrected chi connectivity index (χ2v) is 4.23. The second kappa shape index (κ2) is 4.56. The van der Waals surface area contributed by atoms with E-state index in [1.54, 1.807) is 0 Å². The number of alkyl halides is 1. The van der Waals surface area contributed by atoms with Crippen LogP contribution in [0.1, 0.15) is 47.5 Å². The quantitative estimate of drug-likeness (QED) is 0.677. The van der Waals surface area contributed by atoms with Gasteiger partial charge in [0.1, 0.15) is 12.5 Å². The first-order valence-electron chi connectivity index (χ1n) is 5.49. The minimum absolute atomic E-state index is 0.484. The standard InChI is InChI=1S/C13H15FO/c14-13-7-5-12(6-8-13)11-3-1-10(9-15)2-4-11/h1-4,9,12-13H,5-8H2. The van der Waals surface area contributed by atoms with Crippen molar-refractivity contribution in [2.45, 2.75) is 37.8 Å². The van der Waals surface area contributed by atoms with E-state index in [9.17, 15) is 9.18 Å². The first-order valence-corrected chi connectivity index (χ1v) is 5.49. The highest BCUT2D eigenvalue weighted by molar-refractivity contribution is 5.74. The molecule has 80 valence electrons. The maximum atomic E-state index is 12.9. The molecular weight excluding hydrogens is 191 g/mol. The summed E-state index contributed by atoms with van der Waals surface area (Å²) >= 11 is 0. The van der Waals surface area contributed by atoms with Crippen LogP contribution in [0.5, 0.6) is 0 Å². The zero-order valence-corrected chi connectivity index (χ0v) is 8.66. The lowest BCUT2D eigenvalue weighted by molar-refractivity contribution is 0.112. The fourth-order valence-electron chi connectivity index (χ4n) is 2.23. The number of rotatable bonds is 2. The fourth-order valence-corrected chi connectivity index (χ4v) is 2.23. The van der Waals surface area contributed by atoms with Gasteiger partial charge < -0.3 is 0 Å². The Morgan fingerprint density at radius 3 is 2.20 bits per heavy atom. The van der Waals surface area contributed by atoms with Crippen molar-refractivity contribution in [3.8, 4) is 0 Å². The van der Waals surface area contributed by atoms with Gasteiger partial charge in [-0.25, -0.2) is 4.39 Å². The van der Waals surface area contributed by atoms with E-state index in [0.29, 0.717) is 24.3 Å². The smallest absolute Gasteiger partial charge is 0.150 e. The molecule has 1 aliphatic rings. The predicted octanol–water partition coefficient (Wildman–Crippen LogP) is 3.49. The summed E-state index contributed by atoms with van der Waals surface area (Å²) in [4.78, 5) is 10.5. The van der Waals surface area contributed by atoms with Gasteiger partial charge in [-0.3, -0.25) is 4.79 Å². The Labute approximate surface area is 89.3 Å². The molecule has 1 aliphatic carbocycles. The van der Waals surface area contributed by atoms with E-state index < -0.39 is 6.17 Å². The SMILES string of the molecule is O=Cc1ccc(C2CCC(F)CC2)cc1. The molecule has 2 rings (SSSR count). The van der Waals surface area contributed by atoms with Gasteiger partial charge in [0.05, 0.1) is 0 Å². The number of hydrogen-bond donors (Lipinski definition) is 0. The number of benzene rings is 1. The molecule has 0 bridgehead atoms. The maximum Gasteiger partial charge on any atom is 0.150 e. The Kier molecular flexibility index (Phi) is 3.14. The molecule has 0 radical (unpaired) electrons. The maximum absolute atomic E-state index is 12.9. The third-order valence-corrected chi connectivity index (χ3v) is 3.20. The molecule has 0 N–H and O–H groups in total. The summed E-state index contributed by atoms with van der Waals surface area (Å²) in [5.41, 5.74) is 1.95. The third kappa shape index (κ3) is 2.44. The monoisotopic (exact) mass is 206 g/mol. The average Bonchev–Trinajstić information content (AvgIpc) is 2.30. The van der Waals surface area contributed by atoms with E-state index in [1.807, 2.05) is 24.3 Å². The Hall–Kier alpha value is -1.18. The molecule has 0 heterocycles. The van der Waals surface area contributed by atoms with Crippen LogP contribution in [-0.2, 0) is 0 Å². The summed E-state index contributed by atoms with van der Waals surface area (Å²) in [7, 11) is 0. The zero-order chi connectivity index (χ0) is 10.7. The van der Waals surface area contributed by atoms with Crippen LogP contribution in [0.2, 0.25) is 0 Å². The highest BCUT2D eigenvalue weighted by atomic mass is 19.1. The molecule has 1 fully saturated rings. The van der Waals surface area contributed by atoms with Gasteiger partial charge in [-0.05, 0) is 37.2 Å². The molecule has 0 aromatic heterocycles. The average molecular weight is 206 g/mol. The van der Waals surface area contributed by atoms with E-state index in [-0.39, 0.29) is 0 Å². The van der Waals surface area contributed by atoms with Crippen LogP contribution in [-0.4, -0.2) is 12.5 Å². The van der Waals surface area contributed by atoms with Gasteiger partial charge in [0.2, 0.25) is 0 Å². The van der Waals surface area contributed by atoms with Crippen LogP contribution in [0.25, 0.3) is 0 Å². The number of carbonyl (C=O) groups is 1. The number of halogens is 1. The summed E-state index contributed by atoms with van der Waals surface area (Å²) in [6.45, 7) is 0. The molecule has 0 saturated heterocycles. The van der Waals surface area contributed by atoms with Crippen molar-refractivity contribution >= 4 is 6.29 Å². The summed E-state index contributed by atoms with van der Waals surface area (Å²) in [5.74, 6) is 0.484. The Morgan fingerprint density at radius 1 is 1.07 bits per heavy atom. The topological polar surface area (TPSA) is 17.1 Å². The van der Waals surface area contributed by atoms with Gasteiger partial charge in [0.15, 0.2) is 0 Å². The number of aldehydes is 1. The fraction of sp³-hybridized carbons (Fsp3) is 0.462. The van der Waals surface area contributed by atoms with E-state index in [0.717, 1.165) is 19.1 Å². The molecule has 1 aromatic carbocycles. The summed E-state index contributed by atoms with van der Waals surface area (Å²) in [6.07, 6.45) is 3.47. The van der Waals surface area contributed by atoms with Crippen LogP contribution in [0.3, 0.4) is 0 Å². The normalized spacial score (nSPS) is 26.2. The number of carbonyl (C=O) groups excluding carboxylic acids is 1. The van der Waals surface area contributed by atoms with Crippen LogP contribution in [0.15, 0.2) is 24.3 Å². The summed E-state index contributed by atoms with van der Waals surface area (Å²) < 4.78 is 12.9. The lowest BCUT2D eigenvalue weighted by atomic mass is 9.83. The van der Waals surface area contributed by atoms with Gasteiger partial charge in [0.25, 0.3) is 0 Å². The van der Waals surface area contributed by atoms with Gasteiger partial charge in [0, 0.05) is 5.56 Å². The Bertz CT molecular complexity index is 323. The molecule has 0 amide bonds. The van der Waals surface area contributed by atoms with Gasteiger partial charge >= 0.3 is 0 Å². The van der Waals surface area contributed by atoms with Crippen molar-refractivity contribution in [2.24, 2.45) is 0 Å². The first kappa shape index (κ1) is 10.3. The van der Waals surface area contributed by atoms with Crippen LogP contribution >= 0.6 is 0 Å². The van der Waals surface area contributed by atoms with Crippen molar-refractivity contribution in [2.75, 3.05) is 0 Å². The second-order valence-electron chi connectivity index (χ2n) is 4.23. The molecule has 1 aromatic rings. The molecule has 0 atom stereocenters. The summed E-state index contributed by atoms with van der Waals surface area (Å²) in [5, 5.41) is 0. The lowest BCUT2D eigenvalue weighted by Crippen LogP contribution is -2.13. The molecule has 1 saturated carbocycles. The molecule has 15 heavy (non-hydrogen) atoms. The van der Waals surface area contributed by atoms with Crippen molar-refractivity contribution in [3.05, 3.63) is 35.4 Å². The minimum atomic E-state index is -0.601. The minimum Gasteiger partial charge on any atom is -0.298 e. The molecule has 0 spiro atoms. The largest absolute Gasteiger partial charge is 0.298 e. The first-order chi connectivity index (χ1) is 7.29. The third-order valence-electron chi connectivity index (χ3n) is 3.20. The Morgan fingerprint density at radius 2 is 1.67 bits per heavy atom. The van der Waals surface area contributed by atoms with Gasteiger partial charge in [-0.2, -0.15) is 0 Å². The number of hydrogen-bond acceptors (Lipinski definition) is 1. The van der Waals surface area contributed by atoms with Crippen LogP contribution in [0, 0.1) is 0 Å². The van der Waals surface area contributed by atoms with Crippen LogP contribution < -0.4 is 0 Å². The van der Waals surface area contributed by atoms with E-state index in [1.165, 1.54) is 5.56 Å². The van der Waals surface area contributed by atoms with Crippen LogP contribution in [0.4, 0.5) is 4.39 Å². The van der Waals surface area contributed by atoms with Crippen molar-refractivity contribution in [3.63, 3.8) is 0 Å². The van der Waals surface area contributed by atoms with Crippen molar-refractivity contribution in [1.82, 2.24) is 0 Å². The van der Waals surface area contributed by atoms with Gasteiger partial charge in [-0.15, -0.1) is 0 Å². The molecule has 2 heteroatoms.